The van der Waals surface area contributed by atoms with E-state index in [1.54, 1.807) is 0 Å². The van der Waals surface area contributed by atoms with Crippen LogP contribution in [-0.4, -0.2) is 32.1 Å². The maximum atomic E-state index is 12.4. The number of anilines is 1. The van der Waals surface area contributed by atoms with Crippen LogP contribution in [0.3, 0.4) is 0 Å². The number of amides is 2. The summed E-state index contributed by atoms with van der Waals surface area (Å²) in [5, 5.41) is 17.5. The van der Waals surface area contributed by atoms with Gasteiger partial charge in [0.1, 0.15) is 0 Å². The zero-order valence-corrected chi connectivity index (χ0v) is 15.8. The number of rotatable bonds is 3. The number of urea groups is 1. The van der Waals surface area contributed by atoms with Crippen molar-refractivity contribution < 1.29 is 4.79 Å². The van der Waals surface area contributed by atoms with Crippen molar-refractivity contribution in [3.8, 4) is 5.69 Å². The first-order valence-electron chi connectivity index (χ1n) is 9.22. The molecule has 140 valence electrons. The monoisotopic (exact) mass is 364 g/mol. The van der Waals surface area contributed by atoms with Gasteiger partial charge in [-0.05, 0) is 68.9 Å². The number of benzene rings is 1. The number of hydrogen-bond acceptors (Lipinski definition) is 3. The number of fused-ring (bicyclic) bond motifs is 1. The minimum absolute atomic E-state index is 0.109. The Hall–Kier alpha value is -3.09. The summed E-state index contributed by atoms with van der Waals surface area (Å²) in [4.78, 5) is 12.4. The molecule has 1 aliphatic carbocycles. The van der Waals surface area contributed by atoms with Gasteiger partial charge >= 0.3 is 6.03 Å². The van der Waals surface area contributed by atoms with E-state index in [4.69, 9.17) is 0 Å². The van der Waals surface area contributed by atoms with Gasteiger partial charge in [0.25, 0.3) is 0 Å². The third-order valence-electron chi connectivity index (χ3n) is 4.93. The van der Waals surface area contributed by atoms with E-state index in [2.05, 4.69) is 58.0 Å². The predicted octanol–water partition coefficient (Wildman–Crippen LogP) is 3.20. The topological polar surface area (TPSA) is 87.6 Å². The Bertz CT molecular complexity index is 966. The molecule has 3 aromatic rings. The maximum Gasteiger partial charge on any atom is 0.320 e. The van der Waals surface area contributed by atoms with E-state index < -0.39 is 0 Å². The highest BCUT2D eigenvalue weighted by molar-refractivity contribution is 5.88. The van der Waals surface area contributed by atoms with Gasteiger partial charge in [0.05, 0.1) is 11.9 Å². The molecule has 27 heavy (non-hydrogen) atoms. The average molecular weight is 364 g/mol. The van der Waals surface area contributed by atoms with Crippen LogP contribution in [0.5, 0.6) is 0 Å². The Balaban J connectivity index is 1.43. The summed E-state index contributed by atoms with van der Waals surface area (Å²) >= 11 is 0. The van der Waals surface area contributed by atoms with Crippen LogP contribution in [0.4, 0.5) is 10.6 Å². The second kappa shape index (κ2) is 6.90. The highest BCUT2D eigenvalue weighted by Crippen LogP contribution is 2.20. The maximum absolute atomic E-state index is 12.4. The summed E-state index contributed by atoms with van der Waals surface area (Å²) in [5.74, 6) is 0.545. The molecule has 1 aromatic carbocycles. The summed E-state index contributed by atoms with van der Waals surface area (Å²) in [6, 6.07) is 8.06. The van der Waals surface area contributed by atoms with Gasteiger partial charge in [0.15, 0.2) is 5.82 Å². The number of carbonyl (C=O) groups excluding carboxylic acids is 1. The molecule has 2 amide bonds. The molecule has 0 saturated carbocycles. The molecule has 3 N–H and O–H groups in total. The van der Waals surface area contributed by atoms with E-state index in [1.807, 2.05) is 23.9 Å². The Morgan fingerprint density at radius 2 is 1.96 bits per heavy atom. The minimum Gasteiger partial charge on any atom is -0.335 e. The molecule has 0 saturated heterocycles. The standard InChI is InChI=1S/C20H24N6O/c1-12-6-13(2)8-17(7-12)26-14(3)9-19(25-26)23-20(27)22-16-4-5-18-15(10-16)11-21-24-18/h6-9,11,16H,4-5,10H2,1-3H3,(H,21,24)(H2,22,23,25,27). The molecule has 1 atom stereocenters. The van der Waals surface area contributed by atoms with Gasteiger partial charge in [-0.2, -0.15) is 5.10 Å². The Morgan fingerprint density at radius 1 is 1.19 bits per heavy atom. The van der Waals surface area contributed by atoms with Crippen molar-refractivity contribution in [1.29, 1.82) is 0 Å². The lowest BCUT2D eigenvalue weighted by Gasteiger charge is -2.22. The van der Waals surface area contributed by atoms with Crippen LogP contribution in [0, 0.1) is 20.8 Å². The third kappa shape index (κ3) is 3.72. The first-order valence-corrected chi connectivity index (χ1v) is 9.22. The summed E-state index contributed by atoms with van der Waals surface area (Å²) in [7, 11) is 0. The summed E-state index contributed by atoms with van der Waals surface area (Å²) in [6.45, 7) is 6.12. The number of aryl methyl sites for hydroxylation is 4. The number of nitrogens with one attached hydrogen (secondary N) is 3. The molecule has 4 rings (SSSR count). The van der Waals surface area contributed by atoms with Crippen LogP contribution in [0.1, 0.15) is 34.5 Å². The fourth-order valence-electron chi connectivity index (χ4n) is 3.75. The van der Waals surface area contributed by atoms with Gasteiger partial charge < -0.3 is 5.32 Å². The van der Waals surface area contributed by atoms with Crippen LogP contribution in [-0.2, 0) is 12.8 Å². The zero-order valence-electron chi connectivity index (χ0n) is 15.8. The number of carbonyl (C=O) groups is 1. The first-order chi connectivity index (χ1) is 13.0. The predicted molar refractivity (Wildman–Crippen MR) is 104 cm³/mol. The highest BCUT2D eigenvalue weighted by Gasteiger charge is 2.21. The van der Waals surface area contributed by atoms with Gasteiger partial charge in [-0.3, -0.25) is 10.4 Å². The van der Waals surface area contributed by atoms with Crippen molar-refractivity contribution >= 4 is 11.8 Å². The highest BCUT2D eigenvalue weighted by atomic mass is 16.2. The van der Waals surface area contributed by atoms with Crippen molar-refractivity contribution in [1.82, 2.24) is 25.3 Å². The van der Waals surface area contributed by atoms with Crippen LogP contribution in [0.25, 0.3) is 5.69 Å². The molecule has 7 heteroatoms. The Kier molecular flexibility index (Phi) is 4.43. The largest absolute Gasteiger partial charge is 0.335 e. The van der Waals surface area contributed by atoms with Crippen molar-refractivity contribution in [2.45, 2.75) is 46.1 Å². The number of hydrogen-bond donors (Lipinski definition) is 3. The molecule has 0 bridgehead atoms. The Labute approximate surface area is 158 Å². The number of nitrogens with zero attached hydrogens (tertiary/aromatic N) is 3. The third-order valence-corrected chi connectivity index (χ3v) is 4.93. The van der Waals surface area contributed by atoms with E-state index in [0.29, 0.717) is 5.82 Å². The minimum atomic E-state index is -0.225. The van der Waals surface area contributed by atoms with Gasteiger partial charge in [0, 0.05) is 23.5 Å². The molecule has 2 aromatic heterocycles. The van der Waals surface area contributed by atoms with Crippen molar-refractivity contribution in [3.05, 3.63) is 58.5 Å². The molecule has 7 nitrogen and oxygen atoms in total. The number of aromatic nitrogens is 4. The van der Waals surface area contributed by atoms with Crippen LogP contribution in [0.2, 0.25) is 0 Å². The lowest BCUT2D eigenvalue weighted by Crippen LogP contribution is -2.41. The van der Waals surface area contributed by atoms with Crippen molar-refractivity contribution in [2.75, 3.05) is 5.32 Å². The van der Waals surface area contributed by atoms with Crippen LogP contribution >= 0.6 is 0 Å². The van der Waals surface area contributed by atoms with Crippen molar-refractivity contribution in [3.63, 3.8) is 0 Å². The van der Waals surface area contributed by atoms with E-state index in [0.717, 1.165) is 30.6 Å². The van der Waals surface area contributed by atoms with Crippen LogP contribution < -0.4 is 10.6 Å². The normalized spacial score (nSPS) is 16.0. The lowest BCUT2D eigenvalue weighted by molar-refractivity contribution is 0.247. The molecule has 0 radical (unpaired) electrons. The molecular weight excluding hydrogens is 340 g/mol. The van der Waals surface area contributed by atoms with E-state index in [-0.39, 0.29) is 12.1 Å². The zero-order chi connectivity index (χ0) is 19.0. The smallest absolute Gasteiger partial charge is 0.320 e. The molecular formula is C20H24N6O. The second-order valence-corrected chi connectivity index (χ2v) is 7.34. The van der Waals surface area contributed by atoms with Gasteiger partial charge in [-0.25, -0.2) is 9.48 Å². The van der Waals surface area contributed by atoms with Crippen molar-refractivity contribution in [2.24, 2.45) is 0 Å². The quantitative estimate of drug-likeness (QED) is 0.667. The molecule has 2 heterocycles. The molecule has 1 aliphatic rings. The summed E-state index contributed by atoms with van der Waals surface area (Å²) < 4.78 is 1.86. The summed E-state index contributed by atoms with van der Waals surface area (Å²) in [6.07, 6.45) is 4.45. The Morgan fingerprint density at radius 3 is 2.74 bits per heavy atom. The molecule has 0 spiro atoms. The number of H-pyrrole nitrogens is 1. The van der Waals surface area contributed by atoms with Gasteiger partial charge in [0.2, 0.25) is 0 Å². The second-order valence-electron chi connectivity index (χ2n) is 7.34. The molecule has 0 fully saturated rings. The fourth-order valence-corrected chi connectivity index (χ4v) is 3.75. The fraction of sp³-hybridized carbons (Fsp3) is 0.350. The van der Waals surface area contributed by atoms with E-state index >= 15 is 0 Å². The lowest BCUT2D eigenvalue weighted by atomic mass is 9.94. The van der Waals surface area contributed by atoms with E-state index in [1.165, 1.54) is 22.4 Å². The average Bonchev–Trinajstić information content (AvgIpc) is 3.19. The van der Waals surface area contributed by atoms with Crippen LogP contribution in [0.15, 0.2) is 30.5 Å². The molecule has 1 unspecified atom stereocenters. The first kappa shape index (κ1) is 17.3. The van der Waals surface area contributed by atoms with E-state index in [9.17, 15) is 4.79 Å². The van der Waals surface area contributed by atoms with Gasteiger partial charge in [-0.1, -0.05) is 6.07 Å². The number of aromatic amines is 1. The van der Waals surface area contributed by atoms with Gasteiger partial charge in [-0.15, -0.1) is 5.10 Å². The molecule has 0 aliphatic heterocycles. The SMILES string of the molecule is Cc1cc(C)cc(-n2nc(NC(=O)NC3CCc4[nH]ncc4C3)cc2C)c1. The summed E-state index contributed by atoms with van der Waals surface area (Å²) in [5.41, 5.74) is 6.69.